The summed E-state index contributed by atoms with van der Waals surface area (Å²) in [4.78, 5) is 4.10. The molecule has 0 saturated heterocycles. The molecule has 0 aliphatic carbocycles. The number of nitrogens with zero attached hydrogens (tertiary/aromatic N) is 1. The number of methoxy groups -OCH3 is 1. The lowest BCUT2D eigenvalue weighted by Gasteiger charge is -2.06. The molecule has 0 bridgehead atoms. The van der Waals surface area contributed by atoms with Crippen molar-refractivity contribution in [1.82, 2.24) is 4.98 Å². The molecule has 0 radical (unpaired) electrons. The summed E-state index contributed by atoms with van der Waals surface area (Å²) < 4.78 is 18.2. The maximum atomic E-state index is 13.3. The van der Waals surface area contributed by atoms with Gasteiger partial charge in [-0.05, 0) is 18.6 Å². The van der Waals surface area contributed by atoms with Crippen LogP contribution in [0.25, 0.3) is 10.9 Å². The van der Waals surface area contributed by atoms with E-state index in [0.29, 0.717) is 15.9 Å². The van der Waals surface area contributed by atoms with E-state index in [0.717, 1.165) is 5.56 Å². The zero-order chi connectivity index (χ0) is 11.0. The van der Waals surface area contributed by atoms with Crippen molar-refractivity contribution in [2.45, 2.75) is 6.92 Å². The number of hydrogen-bond acceptors (Lipinski definition) is 2. The van der Waals surface area contributed by atoms with Gasteiger partial charge in [0.15, 0.2) is 11.6 Å². The smallest absolute Gasteiger partial charge is 0.167 e. The first kappa shape index (κ1) is 10.2. The summed E-state index contributed by atoms with van der Waals surface area (Å²) in [5, 5.41) is 1.29. The van der Waals surface area contributed by atoms with Crippen LogP contribution in [-0.4, -0.2) is 12.1 Å². The average Bonchev–Trinajstić information content (AvgIpc) is 2.23. The lowest BCUT2D eigenvalue weighted by molar-refractivity contribution is 0.387. The third-order valence-electron chi connectivity index (χ3n) is 2.25. The summed E-state index contributed by atoms with van der Waals surface area (Å²) in [7, 11) is 1.42. The van der Waals surface area contributed by atoms with Crippen LogP contribution in [0.3, 0.4) is 0 Å². The Balaban J connectivity index is 2.82. The number of aryl methyl sites for hydroxylation is 1. The maximum absolute atomic E-state index is 13.3. The van der Waals surface area contributed by atoms with E-state index in [1.54, 1.807) is 12.3 Å². The van der Waals surface area contributed by atoms with Gasteiger partial charge in [-0.25, -0.2) is 4.39 Å². The largest absolute Gasteiger partial charge is 0.494 e. The van der Waals surface area contributed by atoms with Gasteiger partial charge in [0.1, 0.15) is 0 Å². The quantitative estimate of drug-likeness (QED) is 0.743. The standard InChI is InChI=1S/C11H9ClFNO/c1-6-5-14-9-4-8(13)10(15-2)3-7(9)11(6)12/h3-5H,1-2H3. The molecule has 0 unspecified atom stereocenters. The second-order valence-corrected chi connectivity index (χ2v) is 3.64. The second-order valence-electron chi connectivity index (χ2n) is 3.26. The molecule has 0 saturated carbocycles. The lowest BCUT2D eigenvalue weighted by Crippen LogP contribution is -1.91. The van der Waals surface area contributed by atoms with Crippen LogP contribution in [0.1, 0.15) is 5.56 Å². The van der Waals surface area contributed by atoms with Gasteiger partial charge in [-0.3, -0.25) is 4.98 Å². The molecule has 0 spiro atoms. The highest BCUT2D eigenvalue weighted by Crippen LogP contribution is 2.30. The van der Waals surface area contributed by atoms with Crippen LogP contribution in [-0.2, 0) is 0 Å². The Morgan fingerprint density at radius 1 is 1.40 bits per heavy atom. The molecule has 0 atom stereocenters. The molecular weight excluding hydrogens is 217 g/mol. The Kier molecular flexibility index (Phi) is 2.49. The van der Waals surface area contributed by atoms with Crippen LogP contribution in [0, 0.1) is 12.7 Å². The van der Waals surface area contributed by atoms with E-state index in [1.807, 2.05) is 6.92 Å². The summed E-state index contributed by atoms with van der Waals surface area (Å²) in [6, 6.07) is 2.88. The molecule has 15 heavy (non-hydrogen) atoms. The number of rotatable bonds is 1. The molecular formula is C11H9ClFNO. The van der Waals surface area contributed by atoms with E-state index in [9.17, 15) is 4.39 Å². The lowest BCUT2D eigenvalue weighted by atomic mass is 10.1. The second kappa shape index (κ2) is 3.66. The zero-order valence-corrected chi connectivity index (χ0v) is 9.10. The Labute approximate surface area is 91.6 Å². The minimum atomic E-state index is -0.433. The van der Waals surface area contributed by atoms with Gasteiger partial charge in [-0.2, -0.15) is 0 Å². The van der Waals surface area contributed by atoms with Crippen molar-refractivity contribution in [2.75, 3.05) is 7.11 Å². The predicted molar refractivity (Wildman–Crippen MR) is 58.0 cm³/mol. The van der Waals surface area contributed by atoms with Crippen LogP contribution in [0.4, 0.5) is 4.39 Å². The molecule has 1 aromatic carbocycles. The Hall–Kier alpha value is -1.35. The highest BCUT2D eigenvalue weighted by Gasteiger charge is 2.09. The van der Waals surface area contributed by atoms with Crippen LogP contribution >= 0.6 is 11.6 Å². The number of halogens is 2. The maximum Gasteiger partial charge on any atom is 0.167 e. The average molecular weight is 226 g/mol. The Morgan fingerprint density at radius 2 is 2.13 bits per heavy atom. The third-order valence-corrected chi connectivity index (χ3v) is 2.75. The molecule has 78 valence electrons. The van der Waals surface area contributed by atoms with Gasteiger partial charge in [0.05, 0.1) is 17.6 Å². The van der Waals surface area contributed by atoms with Crippen molar-refractivity contribution < 1.29 is 9.13 Å². The van der Waals surface area contributed by atoms with E-state index in [2.05, 4.69) is 4.98 Å². The van der Waals surface area contributed by atoms with E-state index in [4.69, 9.17) is 16.3 Å². The fourth-order valence-corrected chi connectivity index (χ4v) is 1.62. The summed E-state index contributed by atoms with van der Waals surface area (Å²) in [6.45, 7) is 1.85. The van der Waals surface area contributed by atoms with Gasteiger partial charge in [0.2, 0.25) is 0 Å². The van der Waals surface area contributed by atoms with Crippen LogP contribution in [0.15, 0.2) is 18.3 Å². The molecule has 0 fully saturated rings. The minimum absolute atomic E-state index is 0.178. The van der Waals surface area contributed by atoms with Crippen molar-refractivity contribution in [3.05, 3.63) is 34.7 Å². The van der Waals surface area contributed by atoms with E-state index in [-0.39, 0.29) is 5.75 Å². The molecule has 0 amide bonds. The topological polar surface area (TPSA) is 22.1 Å². The molecule has 1 aromatic heterocycles. The van der Waals surface area contributed by atoms with Crippen molar-refractivity contribution in [1.29, 1.82) is 0 Å². The molecule has 2 aromatic rings. The van der Waals surface area contributed by atoms with Crippen LogP contribution in [0.2, 0.25) is 5.02 Å². The molecule has 0 aliphatic heterocycles. The molecule has 2 rings (SSSR count). The fourth-order valence-electron chi connectivity index (χ4n) is 1.42. The van der Waals surface area contributed by atoms with Crippen molar-refractivity contribution >= 4 is 22.5 Å². The van der Waals surface area contributed by atoms with Crippen LogP contribution < -0.4 is 4.74 Å². The van der Waals surface area contributed by atoms with E-state index < -0.39 is 5.82 Å². The molecule has 0 N–H and O–H groups in total. The Bertz CT molecular complexity index is 527. The van der Waals surface area contributed by atoms with E-state index in [1.165, 1.54) is 13.2 Å². The summed E-state index contributed by atoms with van der Waals surface area (Å²) >= 11 is 6.09. The normalized spacial score (nSPS) is 10.7. The first-order valence-electron chi connectivity index (χ1n) is 4.42. The van der Waals surface area contributed by atoms with Crippen LogP contribution in [0.5, 0.6) is 5.75 Å². The zero-order valence-electron chi connectivity index (χ0n) is 8.34. The number of aromatic nitrogens is 1. The first-order valence-corrected chi connectivity index (χ1v) is 4.79. The van der Waals surface area contributed by atoms with Gasteiger partial charge in [-0.1, -0.05) is 11.6 Å². The number of ether oxygens (including phenoxy) is 1. The van der Waals surface area contributed by atoms with Gasteiger partial charge >= 0.3 is 0 Å². The van der Waals surface area contributed by atoms with Crippen molar-refractivity contribution in [3.63, 3.8) is 0 Å². The molecule has 0 aliphatic rings. The van der Waals surface area contributed by atoms with Crippen molar-refractivity contribution in [2.24, 2.45) is 0 Å². The first-order chi connectivity index (χ1) is 7.13. The Morgan fingerprint density at radius 3 is 2.80 bits per heavy atom. The van der Waals surface area contributed by atoms with Gasteiger partial charge in [-0.15, -0.1) is 0 Å². The number of benzene rings is 1. The highest BCUT2D eigenvalue weighted by atomic mass is 35.5. The summed E-state index contributed by atoms with van der Waals surface area (Å²) in [5.41, 5.74) is 1.39. The number of fused-ring (bicyclic) bond motifs is 1. The molecule has 1 heterocycles. The summed E-state index contributed by atoms with van der Waals surface area (Å²) in [5.74, 6) is -0.255. The minimum Gasteiger partial charge on any atom is -0.494 e. The van der Waals surface area contributed by atoms with Gasteiger partial charge in [0, 0.05) is 17.6 Å². The van der Waals surface area contributed by atoms with Crippen molar-refractivity contribution in [3.8, 4) is 5.75 Å². The third kappa shape index (κ3) is 1.63. The molecule has 2 nitrogen and oxygen atoms in total. The number of hydrogen-bond donors (Lipinski definition) is 0. The molecule has 4 heteroatoms. The fraction of sp³-hybridized carbons (Fsp3) is 0.182. The highest BCUT2D eigenvalue weighted by molar-refractivity contribution is 6.36. The van der Waals surface area contributed by atoms with Gasteiger partial charge < -0.3 is 4.74 Å². The SMILES string of the molecule is COc1cc2c(Cl)c(C)cnc2cc1F. The monoisotopic (exact) mass is 225 g/mol. The predicted octanol–water partition coefficient (Wildman–Crippen LogP) is 3.34. The number of pyridine rings is 1. The van der Waals surface area contributed by atoms with E-state index >= 15 is 0 Å². The summed E-state index contributed by atoms with van der Waals surface area (Å²) in [6.07, 6.45) is 1.62. The van der Waals surface area contributed by atoms with Gasteiger partial charge in [0.25, 0.3) is 0 Å².